The van der Waals surface area contributed by atoms with Gasteiger partial charge in [-0.2, -0.15) is 0 Å². The van der Waals surface area contributed by atoms with Crippen LogP contribution in [-0.2, 0) is 4.79 Å². The van der Waals surface area contributed by atoms with Crippen LogP contribution >= 0.6 is 0 Å². The lowest BCUT2D eigenvalue weighted by Crippen LogP contribution is -2.39. The molecule has 110 valence electrons. The van der Waals surface area contributed by atoms with Gasteiger partial charge < -0.3 is 15.7 Å². The number of aliphatic hydroxyl groups is 1. The molecule has 2 amide bonds. The normalized spacial score (nSPS) is 10.9. The molecule has 0 fully saturated rings. The van der Waals surface area contributed by atoms with Crippen molar-refractivity contribution in [2.45, 2.75) is 26.7 Å². The Morgan fingerprint density at radius 1 is 1.25 bits per heavy atom. The Morgan fingerprint density at radius 2 is 1.85 bits per heavy atom. The van der Waals surface area contributed by atoms with E-state index in [1.807, 2.05) is 13.8 Å². The second-order valence-electron chi connectivity index (χ2n) is 4.89. The predicted molar refractivity (Wildman–Crippen MR) is 78.6 cm³/mol. The Labute approximate surface area is 119 Å². The summed E-state index contributed by atoms with van der Waals surface area (Å²) >= 11 is 0. The summed E-state index contributed by atoms with van der Waals surface area (Å²) in [5.41, 5.74) is 0.915. The van der Waals surface area contributed by atoms with Gasteiger partial charge in [0.25, 0.3) is 5.91 Å². The van der Waals surface area contributed by atoms with E-state index in [0.717, 1.165) is 12.8 Å². The van der Waals surface area contributed by atoms with Gasteiger partial charge in [-0.25, -0.2) is 0 Å². The van der Waals surface area contributed by atoms with Gasteiger partial charge in [0.1, 0.15) is 0 Å². The monoisotopic (exact) mass is 278 g/mol. The third kappa shape index (κ3) is 4.06. The van der Waals surface area contributed by atoms with E-state index in [2.05, 4.69) is 10.6 Å². The molecule has 5 nitrogen and oxygen atoms in total. The lowest BCUT2D eigenvalue weighted by Gasteiger charge is -2.29. The number of benzene rings is 1. The third-order valence-corrected chi connectivity index (χ3v) is 3.83. The van der Waals surface area contributed by atoms with Crippen LogP contribution in [0.4, 0.5) is 5.69 Å². The predicted octanol–water partition coefficient (Wildman–Crippen LogP) is 1.78. The van der Waals surface area contributed by atoms with Crippen molar-refractivity contribution in [3.63, 3.8) is 0 Å². The molecule has 0 unspecified atom stereocenters. The van der Waals surface area contributed by atoms with Gasteiger partial charge in [-0.05, 0) is 37.1 Å². The first-order valence-electron chi connectivity index (χ1n) is 6.80. The Hall–Kier alpha value is -1.88. The summed E-state index contributed by atoms with van der Waals surface area (Å²) in [6.45, 7) is 4.52. The molecule has 0 aliphatic carbocycles. The molecule has 5 heteroatoms. The molecule has 0 aliphatic rings. The molecule has 3 N–H and O–H groups in total. The van der Waals surface area contributed by atoms with Crippen LogP contribution in [0.3, 0.4) is 0 Å². The topological polar surface area (TPSA) is 78.4 Å². The van der Waals surface area contributed by atoms with Crippen LogP contribution in [0.5, 0.6) is 0 Å². The Balaban J connectivity index is 2.64. The van der Waals surface area contributed by atoms with Crippen LogP contribution in [-0.4, -0.2) is 30.6 Å². The van der Waals surface area contributed by atoms with Gasteiger partial charge in [-0.1, -0.05) is 13.8 Å². The SMILES string of the molecule is CCC(CC)(CO)CNC(=O)c1ccc(NC=O)cc1. The second-order valence-corrected chi connectivity index (χ2v) is 4.89. The number of carbonyl (C=O) groups excluding carboxylic acids is 2. The molecule has 0 radical (unpaired) electrons. The summed E-state index contributed by atoms with van der Waals surface area (Å²) in [5, 5.41) is 14.8. The number of hydrogen-bond donors (Lipinski definition) is 3. The van der Waals surface area contributed by atoms with Crippen LogP contribution in [0.15, 0.2) is 24.3 Å². The van der Waals surface area contributed by atoms with E-state index in [1.165, 1.54) is 0 Å². The molecular formula is C15H22N2O3. The zero-order valence-electron chi connectivity index (χ0n) is 12.0. The summed E-state index contributed by atoms with van der Waals surface area (Å²) in [6, 6.07) is 6.64. The highest BCUT2D eigenvalue weighted by atomic mass is 16.3. The van der Waals surface area contributed by atoms with Gasteiger partial charge in [0, 0.05) is 23.2 Å². The summed E-state index contributed by atoms with van der Waals surface area (Å²) < 4.78 is 0. The molecular weight excluding hydrogens is 256 g/mol. The molecule has 1 aromatic carbocycles. The fourth-order valence-corrected chi connectivity index (χ4v) is 1.94. The minimum atomic E-state index is -0.255. The van der Waals surface area contributed by atoms with E-state index < -0.39 is 0 Å². The smallest absolute Gasteiger partial charge is 0.251 e. The highest BCUT2D eigenvalue weighted by Crippen LogP contribution is 2.24. The fourth-order valence-electron chi connectivity index (χ4n) is 1.94. The van der Waals surface area contributed by atoms with Gasteiger partial charge in [-0.3, -0.25) is 9.59 Å². The van der Waals surface area contributed by atoms with Crippen molar-refractivity contribution in [1.29, 1.82) is 0 Å². The summed E-state index contributed by atoms with van der Waals surface area (Å²) in [5.74, 6) is -0.178. The molecule has 20 heavy (non-hydrogen) atoms. The van der Waals surface area contributed by atoms with Crippen molar-refractivity contribution in [2.75, 3.05) is 18.5 Å². The first kappa shape index (κ1) is 16.2. The van der Waals surface area contributed by atoms with Crippen molar-refractivity contribution in [1.82, 2.24) is 5.32 Å². The van der Waals surface area contributed by atoms with Gasteiger partial charge in [0.15, 0.2) is 0 Å². The van der Waals surface area contributed by atoms with Crippen molar-refractivity contribution >= 4 is 18.0 Å². The molecule has 0 aliphatic heterocycles. The molecule has 1 rings (SSSR count). The largest absolute Gasteiger partial charge is 0.396 e. The van der Waals surface area contributed by atoms with E-state index in [0.29, 0.717) is 24.2 Å². The average Bonchev–Trinajstić information content (AvgIpc) is 2.50. The van der Waals surface area contributed by atoms with E-state index in [-0.39, 0.29) is 17.9 Å². The lowest BCUT2D eigenvalue weighted by molar-refractivity contribution is -0.105. The molecule has 0 bridgehead atoms. The maximum absolute atomic E-state index is 12.0. The summed E-state index contributed by atoms with van der Waals surface area (Å²) in [4.78, 5) is 22.3. The van der Waals surface area contributed by atoms with Gasteiger partial charge in [0.2, 0.25) is 6.41 Å². The van der Waals surface area contributed by atoms with Crippen LogP contribution in [0.1, 0.15) is 37.0 Å². The van der Waals surface area contributed by atoms with Crippen molar-refractivity contribution in [2.24, 2.45) is 5.41 Å². The molecule has 0 saturated heterocycles. The van der Waals surface area contributed by atoms with Crippen LogP contribution in [0.25, 0.3) is 0 Å². The zero-order chi connectivity index (χ0) is 15.0. The number of rotatable bonds is 8. The van der Waals surface area contributed by atoms with Gasteiger partial charge >= 0.3 is 0 Å². The Kier molecular flexibility index (Phi) is 6.18. The number of carbonyl (C=O) groups is 2. The maximum Gasteiger partial charge on any atom is 0.251 e. The summed E-state index contributed by atoms with van der Waals surface area (Å²) in [6.07, 6.45) is 2.21. The first-order chi connectivity index (χ1) is 9.60. The second kappa shape index (κ2) is 7.65. The van der Waals surface area contributed by atoms with Gasteiger partial charge in [0.05, 0.1) is 6.61 Å². The molecule has 0 aromatic heterocycles. The Bertz CT molecular complexity index is 431. The minimum absolute atomic E-state index is 0.0580. The van der Waals surface area contributed by atoms with E-state index in [1.54, 1.807) is 24.3 Å². The fraction of sp³-hybridized carbons (Fsp3) is 0.467. The number of anilines is 1. The highest BCUT2D eigenvalue weighted by molar-refractivity contribution is 5.94. The number of hydrogen-bond acceptors (Lipinski definition) is 3. The lowest BCUT2D eigenvalue weighted by atomic mass is 9.83. The van der Waals surface area contributed by atoms with Crippen LogP contribution in [0.2, 0.25) is 0 Å². The van der Waals surface area contributed by atoms with Crippen LogP contribution < -0.4 is 10.6 Å². The molecule has 1 aromatic rings. The average molecular weight is 278 g/mol. The number of nitrogens with one attached hydrogen (secondary N) is 2. The number of aliphatic hydroxyl groups excluding tert-OH is 1. The molecule has 0 spiro atoms. The van der Waals surface area contributed by atoms with Gasteiger partial charge in [-0.15, -0.1) is 0 Å². The third-order valence-electron chi connectivity index (χ3n) is 3.83. The first-order valence-corrected chi connectivity index (χ1v) is 6.80. The van der Waals surface area contributed by atoms with Crippen molar-refractivity contribution in [3.8, 4) is 0 Å². The Morgan fingerprint density at radius 3 is 2.30 bits per heavy atom. The number of amides is 2. The molecule has 0 heterocycles. The minimum Gasteiger partial charge on any atom is -0.396 e. The van der Waals surface area contributed by atoms with E-state index in [4.69, 9.17) is 0 Å². The van der Waals surface area contributed by atoms with Crippen molar-refractivity contribution in [3.05, 3.63) is 29.8 Å². The maximum atomic E-state index is 12.0. The molecule has 0 atom stereocenters. The van der Waals surface area contributed by atoms with E-state index >= 15 is 0 Å². The van der Waals surface area contributed by atoms with Crippen molar-refractivity contribution < 1.29 is 14.7 Å². The molecule has 0 saturated carbocycles. The van der Waals surface area contributed by atoms with Crippen LogP contribution in [0, 0.1) is 5.41 Å². The summed E-state index contributed by atoms with van der Waals surface area (Å²) in [7, 11) is 0. The zero-order valence-corrected chi connectivity index (χ0v) is 12.0. The standard InChI is InChI=1S/C15H22N2O3/c1-3-15(4-2,10-18)9-16-14(20)12-5-7-13(8-6-12)17-11-19/h5-8,11,18H,3-4,9-10H2,1-2H3,(H,16,20)(H,17,19). The van der Waals surface area contributed by atoms with E-state index in [9.17, 15) is 14.7 Å². The quantitative estimate of drug-likeness (QED) is 0.634. The highest BCUT2D eigenvalue weighted by Gasteiger charge is 2.25.